The van der Waals surface area contributed by atoms with Crippen molar-refractivity contribution >= 4 is 0 Å². The number of hydrogen-bond donors (Lipinski definition) is 0. The van der Waals surface area contributed by atoms with Gasteiger partial charge in [0.25, 0.3) is 0 Å². The Hall–Kier alpha value is 0.420. The Balaban J connectivity index is -0.0000000581. The molecule has 0 aromatic rings. The van der Waals surface area contributed by atoms with Gasteiger partial charge in [-0.2, -0.15) is 42.3 Å². The van der Waals surface area contributed by atoms with E-state index in [1.54, 1.807) is 42.3 Å². The zero-order valence-electron chi connectivity index (χ0n) is 11.7. The van der Waals surface area contributed by atoms with Gasteiger partial charge in [-0.25, -0.2) is 0 Å². The molecule has 0 saturated carbocycles. The van der Waals surface area contributed by atoms with Gasteiger partial charge in [-0.1, -0.05) is 0 Å². The molecule has 0 heterocycles. The predicted octanol–water partition coefficient (Wildman–Crippen LogP) is 3.37. The minimum atomic E-state index is 0.189. The molecule has 0 amide bonds. The molecular formula is C10H27N4Nb-3. The molecule has 0 bridgehead atoms. The maximum absolute atomic E-state index is 4.07. The topological polar surface area (TPSA) is 54.7 Å². The van der Waals surface area contributed by atoms with Gasteiger partial charge in [-0.3, -0.25) is 0 Å². The van der Waals surface area contributed by atoms with Crippen LogP contribution in [-0.4, -0.2) is 47.8 Å². The maximum Gasteiger partial charge on any atom is -0.162 e. The molecule has 0 N–H and O–H groups in total. The zero-order valence-corrected chi connectivity index (χ0v) is 13.9. The molecule has 15 heavy (non-hydrogen) atoms. The van der Waals surface area contributed by atoms with Gasteiger partial charge in [0, 0.05) is 0 Å². The molecule has 0 aliphatic heterocycles. The van der Waals surface area contributed by atoms with E-state index in [2.05, 4.69) is 40.1 Å². The van der Waals surface area contributed by atoms with E-state index in [9.17, 15) is 0 Å². The third kappa shape index (κ3) is 190. The van der Waals surface area contributed by atoms with Crippen LogP contribution in [-0.2, 0) is 20.9 Å². The van der Waals surface area contributed by atoms with Crippen LogP contribution in [0.1, 0.15) is 20.8 Å². The number of nitrogens with zero attached hydrogens (tertiary/aromatic N) is 4. The van der Waals surface area contributed by atoms with E-state index in [1.165, 1.54) is 20.9 Å². The molecule has 95 valence electrons. The zero-order chi connectivity index (χ0) is 13.3. The van der Waals surface area contributed by atoms with E-state index in [0.29, 0.717) is 0 Å². The van der Waals surface area contributed by atoms with Crippen LogP contribution >= 0.6 is 0 Å². The van der Waals surface area contributed by atoms with Crippen molar-refractivity contribution in [3.05, 3.63) is 16.0 Å². The Morgan fingerprint density at radius 2 is 0.800 bits per heavy atom. The normalized spacial score (nSPS) is 8.00. The van der Waals surface area contributed by atoms with Crippen LogP contribution in [0.2, 0.25) is 0 Å². The van der Waals surface area contributed by atoms with Crippen molar-refractivity contribution in [3.8, 4) is 0 Å². The summed E-state index contributed by atoms with van der Waals surface area (Å²) < 4.78 is 4.07. The second kappa shape index (κ2) is 23.9. The van der Waals surface area contributed by atoms with Crippen molar-refractivity contribution in [1.29, 1.82) is 0 Å². The van der Waals surface area contributed by atoms with Crippen molar-refractivity contribution in [2.45, 2.75) is 26.3 Å². The van der Waals surface area contributed by atoms with E-state index >= 15 is 0 Å². The summed E-state index contributed by atoms with van der Waals surface area (Å²) in [7, 11) is 10.5. The Morgan fingerprint density at radius 1 is 0.733 bits per heavy atom. The first-order chi connectivity index (χ1) is 6.80. The predicted molar refractivity (Wildman–Crippen MR) is 67.8 cm³/mol. The second-order valence-electron chi connectivity index (χ2n) is 3.61. The molecule has 0 atom stereocenters. The number of hydrogen-bond acceptors (Lipinski definition) is 1. The summed E-state index contributed by atoms with van der Waals surface area (Å²) in [5.74, 6) is 0. The quantitative estimate of drug-likeness (QED) is 0.615. The van der Waals surface area contributed by atoms with Crippen LogP contribution in [0, 0.1) is 0 Å². The third-order valence-electron chi connectivity index (χ3n) is 0.300. The summed E-state index contributed by atoms with van der Waals surface area (Å²) in [5, 5.41) is 10.5. The average Bonchev–Trinajstić information content (AvgIpc) is 2.07. The van der Waals surface area contributed by atoms with Gasteiger partial charge >= 0.3 is 50.5 Å². The first kappa shape index (κ1) is 24.6. The van der Waals surface area contributed by atoms with Crippen molar-refractivity contribution in [2.24, 2.45) is 3.34 Å². The van der Waals surface area contributed by atoms with Crippen molar-refractivity contribution in [1.82, 2.24) is 0 Å². The molecule has 4 nitrogen and oxygen atoms in total. The molecule has 0 aliphatic carbocycles. The minimum Gasteiger partial charge on any atom is -0.668 e. The van der Waals surface area contributed by atoms with E-state index < -0.39 is 0 Å². The monoisotopic (exact) mass is 296 g/mol. The fourth-order valence-corrected chi connectivity index (χ4v) is 0. The van der Waals surface area contributed by atoms with E-state index in [0.717, 1.165) is 0 Å². The van der Waals surface area contributed by atoms with Crippen LogP contribution in [0.3, 0.4) is 0 Å². The molecule has 0 radical (unpaired) electrons. The first-order valence-electron chi connectivity index (χ1n) is 4.61. The molecule has 0 spiro atoms. The van der Waals surface area contributed by atoms with Crippen LogP contribution in [0.5, 0.6) is 0 Å². The fraction of sp³-hybridized carbons (Fsp3) is 1.00. The summed E-state index contributed by atoms with van der Waals surface area (Å²) in [6.45, 7) is 6.27. The van der Waals surface area contributed by atoms with Crippen molar-refractivity contribution < 1.29 is 20.9 Å². The van der Waals surface area contributed by atoms with Crippen LogP contribution in [0.15, 0.2) is 3.34 Å². The van der Waals surface area contributed by atoms with Gasteiger partial charge in [-0.05, 0) is 0 Å². The maximum atomic E-state index is 4.07. The van der Waals surface area contributed by atoms with E-state index in [1.807, 2.05) is 0 Å². The van der Waals surface area contributed by atoms with Crippen molar-refractivity contribution in [3.63, 3.8) is 0 Å². The average molecular weight is 296 g/mol. The first-order valence-corrected chi connectivity index (χ1v) is 5.59. The number of rotatable bonds is 0. The summed E-state index contributed by atoms with van der Waals surface area (Å²) in [6, 6.07) is 0. The third-order valence-corrected chi connectivity index (χ3v) is 1.77. The Bertz CT molecular complexity index is 87.2. The molecular weight excluding hydrogens is 269 g/mol. The molecule has 0 fully saturated rings. The van der Waals surface area contributed by atoms with Gasteiger partial charge in [0.1, 0.15) is 0 Å². The van der Waals surface area contributed by atoms with E-state index in [4.69, 9.17) is 0 Å². The van der Waals surface area contributed by atoms with Crippen LogP contribution in [0.4, 0.5) is 0 Å². The molecule has 0 aliphatic rings. The second-order valence-corrected chi connectivity index (χ2v) is 4.10. The Morgan fingerprint density at radius 3 is 0.800 bits per heavy atom. The fourth-order valence-electron chi connectivity index (χ4n) is 0. The molecule has 0 aromatic heterocycles. The molecule has 0 unspecified atom stereocenters. The largest absolute Gasteiger partial charge is 0.668 e. The Kier molecular flexibility index (Phi) is 39.2. The molecule has 5 heteroatoms. The summed E-state index contributed by atoms with van der Waals surface area (Å²) in [6.07, 6.45) is 0. The van der Waals surface area contributed by atoms with Crippen LogP contribution < -0.4 is 0 Å². The molecule has 0 saturated heterocycles. The van der Waals surface area contributed by atoms with Gasteiger partial charge in [-0.15, -0.1) is 0 Å². The standard InChI is InChI=1S/C4H9N.3C2H6N.Nb/c1-4(2,3)5;3*1-3-2;/h1-3H3;3*1-2H3;/q;3*-1;. The molecule has 0 rings (SSSR count). The molecule has 0 aromatic carbocycles. The van der Waals surface area contributed by atoms with Crippen molar-refractivity contribution in [2.75, 3.05) is 42.3 Å². The SMILES string of the molecule is CC(C)(C)[N]=[Nb].C[N-]C.C[N-]C.C[N-]C. The minimum absolute atomic E-state index is 0.189. The summed E-state index contributed by atoms with van der Waals surface area (Å²) in [5.41, 5.74) is 0.189. The summed E-state index contributed by atoms with van der Waals surface area (Å²) >= 11 is 1.52. The van der Waals surface area contributed by atoms with Gasteiger partial charge < -0.3 is 16.0 Å². The summed E-state index contributed by atoms with van der Waals surface area (Å²) in [4.78, 5) is 0. The smallest absolute Gasteiger partial charge is 0.162 e. The van der Waals surface area contributed by atoms with Gasteiger partial charge in [0.05, 0.1) is 0 Å². The van der Waals surface area contributed by atoms with Crippen LogP contribution in [0.25, 0.3) is 16.0 Å². The van der Waals surface area contributed by atoms with Gasteiger partial charge in [0.15, 0.2) is 0 Å². The van der Waals surface area contributed by atoms with Gasteiger partial charge in [0.2, 0.25) is 0 Å². The Labute approximate surface area is 109 Å². The van der Waals surface area contributed by atoms with E-state index in [-0.39, 0.29) is 5.54 Å².